The van der Waals surface area contributed by atoms with Gasteiger partial charge in [-0.25, -0.2) is 0 Å². The lowest BCUT2D eigenvalue weighted by Crippen LogP contribution is -2.16. The second-order valence-corrected chi connectivity index (χ2v) is 3.18. The minimum absolute atomic E-state index is 0.506. The summed E-state index contributed by atoms with van der Waals surface area (Å²) in [6.45, 7) is 5.61. The van der Waals surface area contributed by atoms with Crippen LogP contribution in [0.3, 0.4) is 0 Å². The summed E-state index contributed by atoms with van der Waals surface area (Å²) in [6.07, 6.45) is 0. The van der Waals surface area contributed by atoms with E-state index in [-0.39, 0.29) is 0 Å². The summed E-state index contributed by atoms with van der Waals surface area (Å²) in [5, 5.41) is 0. The Morgan fingerprint density at radius 1 is 1.46 bits per heavy atom. The van der Waals surface area contributed by atoms with Crippen molar-refractivity contribution < 1.29 is 0 Å². The molecule has 0 aliphatic heterocycles. The Bertz CT molecular complexity index is 283. The molecule has 0 unspecified atom stereocenters. The smallest absolute Gasteiger partial charge is 0.0563 e. The number of aromatic nitrogens is 1. The van der Waals surface area contributed by atoms with Crippen LogP contribution in [-0.4, -0.2) is 18.6 Å². The first-order valence-corrected chi connectivity index (χ1v) is 4.56. The number of anilines is 1. The number of hydrogen-bond donors (Lipinski definition) is 1. The minimum Gasteiger partial charge on any atom is -0.375 e. The van der Waals surface area contributed by atoms with E-state index in [9.17, 15) is 0 Å². The number of pyridine rings is 1. The van der Waals surface area contributed by atoms with Crippen LogP contribution in [0.4, 0.5) is 5.69 Å². The predicted octanol–water partition coefficient (Wildman–Crippen LogP) is 1.30. The average molecular weight is 179 g/mol. The first-order chi connectivity index (χ1) is 6.17. The highest BCUT2D eigenvalue weighted by Gasteiger charge is 2.01. The molecule has 0 radical (unpaired) electrons. The van der Waals surface area contributed by atoms with E-state index in [4.69, 9.17) is 5.73 Å². The maximum Gasteiger partial charge on any atom is 0.0563 e. The highest BCUT2D eigenvalue weighted by atomic mass is 15.1. The molecule has 1 heterocycles. The summed E-state index contributed by atoms with van der Waals surface area (Å²) < 4.78 is 0. The molecule has 0 atom stereocenters. The number of nitrogens with two attached hydrogens (primary N) is 1. The van der Waals surface area contributed by atoms with Gasteiger partial charge in [0.15, 0.2) is 0 Å². The Kier molecular flexibility index (Phi) is 3.25. The molecule has 0 aliphatic carbocycles. The normalized spacial score (nSPS) is 10.2. The number of hydrogen-bond acceptors (Lipinski definition) is 3. The molecular weight excluding hydrogens is 162 g/mol. The molecule has 0 aromatic carbocycles. The molecular formula is C10H17N3. The van der Waals surface area contributed by atoms with Crippen molar-refractivity contribution in [2.45, 2.75) is 20.4 Å². The Morgan fingerprint density at radius 3 is 2.69 bits per heavy atom. The monoisotopic (exact) mass is 179 g/mol. The van der Waals surface area contributed by atoms with Crippen molar-refractivity contribution in [3.63, 3.8) is 0 Å². The zero-order valence-electron chi connectivity index (χ0n) is 8.54. The molecule has 3 heteroatoms. The van der Waals surface area contributed by atoms with Gasteiger partial charge in [0.1, 0.15) is 0 Å². The molecule has 0 fully saturated rings. The summed E-state index contributed by atoms with van der Waals surface area (Å²) >= 11 is 0. The van der Waals surface area contributed by atoms with Crippen LogP contribution in [-0.2, 0) is 6.54 Å². The maximum atomic E-state index is 5.55. The van der Waals surface area contributed by atoms with Gasteiger partial charge in [0.05, 0.1) is 5.69 Å². The molecule has 0 saturated carbocycles. The third-order valence-electron chi connectivity index (χ3n) is 2.12. The van der Waals surface area contributed by atoms with Crippen LogP contribution in [0.25, 0.3) is 0 Å². The second-order valence-electron chi connectivity index (χ2n) is 3.18. The van der Waals surface area contributed by atoms with Crippen molar-refractivity contribution in [3.8, 4) is 0 Å². The molecule has 2 N–H and O–H groups in total. The third-order valence-corrected chi connectivity index (χ3v) is 2.12. The predicted molar refractivity (Wildman–Crippen MR) is 55.8 cm³/mol. The van der Waals surface area contributed by atoms with E-state index >= 15 is 0 Å². The van der Waals surface area contributed by atoms with Crippen molar-refractivity contribution >= 4 is 5.69 Å². The van der Waals surface area contributed by atoms with Crippen molar-refractivity contribution in [1.29, 1.82) is 0 Å². The Morgan fingerprint density at radius 2 is 2.15 bits per heavy atom. The van der Waals surface area contributed by atoms with Gasteiger partial charge in [-0.2, -0.15) is 0 Å². The van der Waals surface area contributed by atoms with E-state index < -0.39 is 0 Å². The van der Waals surface area contributed by atoms with Gasteiger partial charge in [0.2, 0.25) is 0 Å². The van der Waals surface area contributed by atoms with Crippen LogP contribution >= 0.6 is 0 Å². The number of aryl methyl sites for hydroxylation is 1. The lowest BCUT2D eigenvalue weighted by molar-refractivity contribution is 0.929. The lowest BCUT2D eigenvalue weighted by atomic mass is 10.2. The number of rotatable bonds is 3. The molecule has 1 rings (SSSR count). The summed E-state index contributed by atoms with van der Waals surface area (Å²) in [4.78, 5) is 6.49. The van der Waals surface area contributed by atoms with E-state index in [1.54, 1.807) is 0 Å². The van der Waals surface area contributed by atoms with Crippen LogP contribution in [0.5, 0.6) is 0 Å². The van der Waals surface area contributed by atoms with Crippen molar-refractivity contribution in [2.75, 3.05) is 18.5 Å². The van der Waals surface area contributed by atoms with E-state index in [1.807, 2.05) is 13.0 Å². The standard InChI is InChI=1S/C10H17N3/c1-4-13(3)10-5-8(2)12-9(6-10)7-11/h5-6H,4,7,11H2,1-3H3. The first kappa shape index (κ1) is 9.99. The highest BCUT2D eigenvalue weighted by molar-refractivity contribution is 5.47. The molecule has 1 aromatic rings. The molecule has 72 valence electrons. The zero-order chi connectivity index (χ0) is 9.84. The summed E-state index contributed by atoms with van der Waals surface area (Å²) in [6, 6.07) is 4.11. The fourth-order valence-corrected chi connectivity index (χ4v) is 1.22. The summed E-state index contributed by atoms with van der Waals surface area (Å²) in [5.74, 6) is 0. The van der Waals surface area contributed by atoms with Gasteiger partial charge < -0.3 is 10.6 Å². The van der Waals surface area contributed by atoms with Gasteiger partial charge in [-0.1, -0.05) is 0 Å². The van der Waals surface area contributed by atoms with Gasteiger partial charge >= 0.3 is 0 Å². The van der Waals surface area contributed by atoms with Gasteiger partial charge in [-0.3, -0.25) is 4.98 Å². The van der Waals surface area contributed by atoms with Crippen LogP contribution < -0.4 is 10.6 Å². The van der Waals surface area contributed by atoms with E-state index in [0.29, 0.717) is 6.54 Å². The van der Waals surface area contributed by atoms with Crippen molar-refractivity contribution in [1.82, 2.24) is 4.98 Å². The van der Waals surface area contributed by atoms with Crippen LogP contribution in [0.2, 0.25) is 0 Å². The van der Waals surface area contributed by atoms with Gasteiger partial charge in [-0.15, -0.1) is 0 Å². The van der Waals surface area contributed by atoms with Crippen LogP contribution in [0, 0.1) is 6.92 Å². The zero-order valence-corrected chi connectivity index (χ0v) is 8.54. The fourth-order valence-electron chi connectivity index (χ4n) is 1.22. The molecule has 0 saturated heterocycles. The summed E-state index contributed by atoms with van der Waals surface area (Å²) in [7, 11) is 2.06. The maximum absolute atomic E-state index is 5.55. The molecule has 0 amide bonds. The fraction of sp³-hybridized carbons (Fsp3) is 0.500. The Balaban J connectivity index is 3.01. The van der Waals surface area contributed by atoms with E-state index in [0.717, 1.165) is 17.9 Å². The largest absolute Gasteiger partial charge is 0.375 e. The molecule has 0 spiro atoms. The lowest BCUT2D eigenvalue weighted by Gasteiger charge is -2.17. The van der Waals surface area contributed by atoms with Crippen LogP contribution in [0.1, 0.15) is 18.3 Å². The third kappa shape index (κ3) is 2.42. The molecule has 1 aromatic heterocycles. The molecule has 3 nitrogen and oxygen atoms in total. The van der Waals surface area contributed by atoms with Gasteiger partial charge in [-0.05, 0) is 26.0 Å². The van der Waals surface area contributed by atoms with Crippen LogP contribution in [0.15, 0.2) is 12.1 Å². The Hall–Kier alpha value is -1.09. The minimum atomic E-state index is 0.506. The average Bonchev–Trinajstić information content (AvgIpc) is 2.15. The molecule has 0 aliphatic rings. The van der Waals surface area contributed by atoms with E-state index in [2.05, 4.69) is 29.9 Å². The quantitative estimate of drug-likeness (QED) is 0.760. The molecule has 0 bridgehead atoms. The number of nitrogens with zero attached hydrogens (tertiary/aromatic N) is 2. The van der Waals surface area contributed by atoms with Crippen molar-refractivity contribution in [3.05, 3.63) is 23.5 Å². The topological polar surface area (TPSA) is 42.2 Å². The second kappa shape index (κ2) is 4.23. The highest BCUT2D eigenvalue weighted by Crippen LogP contribution is 2.14. The Labute approximate surface area is 79.6 Å². The first-order valence-electron chi connectivity index (χ1n) is 4.56. The van der Waals surface area contributed by atoms with Crippen molar-refractivity contribution in [2.24, 2.45) is 5.73 Å². The SMILES string of the molecule is CCN(C)c1cc(C)nc(CN)c1. The summed E-state index contributed by atoms with van der Waals surface area (Å²) in [5.41, 5.74) is 8.72. The van der Waals surface area contributed by atoms with Gasteiger partial charge in [0, 0.05) is 31.5 Å². The van der Waals surface area contributed by atoms with E-state index in [1.165, 1.54) is 5.69 Å². The van der Waals surface area contributed by atoms with Gasteiger partial charge in [0.25, 0.3) is 0 Å². The molecule has 13 heavy (non-hydrogen) atoms.